The van der Waals surface area contributed by atoms with E-state index in [1.54, 1.807) is 18.2 Å². The van der Waals surface area contributed by atoms with Gasteiger partial charge in [0.1, 0.15) is 0 Å². The average molecular weight is 351 g/mol. The molecule has 68 valence electrons. The van der Waals surface area contributed by atoms with Crippen molar-refractivity contribution in [2.75, 3.05) is 0 Å². The number of hydrogen-bond acceptors (Lipinski definition) is 1. The number of carboxylic acid groups (broad SMARTS) is 1. The zero-order valence-electron chi connectivity index (χ0n) is 5.75. The van der Waals surface area contributed by atoms with Gasteiger partial charge in [0.25, 0.3) is 0 Å². The second-order valence-electron chi connectivity index (χ2n) is 1.78. The van der Waals surface area contributed by atoms with E-state index in [-0.39, 0.29) is 10.6 Å². The van der Waals surface area contributed by atoms with Crippen molar-refractivity contribution in [3.63, 3.8) is 0 Å². The van der Waals surface area contributed by atoms with Gasteiger partial charge in [-0.1, -0.05) is 23.7 Å². The summed E-state index contributed by atoms with van der Waals surface area (Å²) in [5.41, 5.74) is 0.143. The SMILES string of the molecule is O=C(O)c1ccccc1Cl.[Cl][Tb]. The normalized spacial score (nSPS) is 8.33. The first kappa shape index (κ1) is 12.6. The van der Waals surface area contributed by atoms with Gasteiger partial charge in [-0.2, -0.15) is 0 Å². The maximum absolute atomic E-state index is 10.3. The molecule has 5 heteroatoms. The first-order valence-electron chi connectivity index (χ1n) is 2.82. The molecule has 1 rings (SSSR count). The molecule has 0 heterocycles. The molecular weight excluding hydrogens is 346 g/mol. The Morgan fingerprint density at radius 2 is 1.83 bits per heavy atom. The molecule has 1 aromatic carbocycles. The monoisotopic (exact) mass is 350 g/mol. The molecule has 2 nitrogen and oxygen atoms in total. The van der Waals surface area contributed by atoms with Crippen molar-refractivity contribution in [2.45, 2.75) is 0 Å². The average Bonchev–Trinajstić information content (AvgIpc) is 2.08. The van der Waals surface area contributed by atoms with Crippen LogP contribution < -0.4 is 0 Å². The van der Waals surface area contributed by atoms with Crippen molar-refractivity contribution in [1.29, 1.82) is 0 Å². The van der Waals surface area contributed by atoms with Crippen LogP contribution in [-0.4, -0.2) is 11.1 Å². The van der Waals surface area contributed by atoms with Crippen LogP contribution in [0.15, 0.2) is 24.3 Å². The molecule has 0 spiro atoms. The maximum atomic E-state index is 10.3. The second kappa shape index (κ2) is 7.01. The van der Waals surface area contributed by atoms with Crippen LogP contribution >= 0.6 is 17.8 Å². The van der Waals surface area contributed by atoms with E-state index >= 15 is 0 Å². The van der Waals surface area contributed by atoms with Gasteiger partial charge in [0.05, 0.1) is 10.6 Å². The predicted octanol–water partition coefficient (Wildman–Crippen LogP) is 2.73. The molecular formula is C7H5Cl2O2Tb. The molecule has 0 amide bonds. The van der Waals surface area contributed by atoms with E-state index in [1.165, 1.54) is 41.2 Å². The predicted molar refractivity (Wildman–Crippen MR) is 44.3 cm³/mol. The van der Waals surface area contributed by atoms with E-state index in [0.717, 1.165) is 0 Å². The molecule has 0 saturated carbocycles. The summed E-state index contributed by atoms with van der Waals surface area (Å²) < 4.78 is 0. The molecule has 0 aliphatic rings. The van der Waals surface area contributed by atoms with Crippen LogP contribution in [0.5, 0.6) is 0 Å². The second-order valence-corrected chi connectivity index (χ2v) is 2.19. The summed E-state index contributed by atoms with van der Waals surface area (Å²) in [5, 5.41) is 8.75. The molecule has 0 aliphatic carbocycles. The first-order chi connectivity index (χ1) is 5.72. The van der Waals surface area contributed by atoms with Crippen molar-refractivity contribution >= 4 is 23.8 Å². The molecule has 0 unspecified atom stereocenters. The summed E-state index contributed by atoms with van der Waals surface area (Å²) in [7, 11) is 0. The van der Waals surface area contributed by atoms with Crippen molar-refractivity contribution in [3.05, 3.63) is 34.9 Å². The van der Waals surface area contributed by atoms with Crippen LogP contribution in [0.2, 0.25) is 5.02 Å². The van der Waals surface area contributed by atoms with Gasteiger partial charge in [-0.15, -0.1) is 0 Å². The van der Waals surface area contributed by atoms with Crippen LogP contribution in [0.1, 0.15) is 10.4 Å². The number of carbonyl (C=O) groups is 1. The Bertz CT molecular complexity index is 265. The first-order valence-corrected chi connectivity index (χ1v) is 5.88. The van der Waals surface area contributed by atoms with Crippen LogP contribution in [0.3, 0.4) is 0 Å². The standard InChI is InChI=1S/C7H5ClO2.ClH.Tb/c8-6-4-2-1-3-5(6)7(9)10;;/h1-4H,(H,9,10);1H;/q;;+1/p-1. The Hall–Kier alpha value is 0.556. The van der Waals surface area contributed by atoms with E-state index in [0.29, 0.717) is 0 Å². The number of benzene rings is 1. The molecule has 0 radical (unpaired) electrons. The number of halogens is 2. The van der Waals surface area contributed by atoms with E-state index in [4.69, 9.17) is 16.7 Å². The Balaban J connectivity index is 0.000000561. The Labute approximate surface area is 102 Å². The summed E-state index contributed by atoms with van der Waals surface area (Å²) in [4.78, 5) is 10.3. The minimum absolute atomic E-state index is 0.143. The molecule has 0 saturated heterocycles. The molecule has 0 bridgehead atoms. The van der Waals surface area contributed by atoms with E-state index < -0.39 is 5.97 Å². The third-order valence-corrected chi connectivity index (χ3v) is 1.43. The van der Waals surface area contributed by atoms with Gasteiger partial charge in [-0.25, -0.2) is 4.79 Å². The third kappa shape index (κ3) is 3.98. The molecule has 0 aromatic heterocycles. The fraction of sp³-hybridized carbons (Fsp3) is 0. The Kier molecular flexibility index (Phi) is 7.33. The van der Waals surface area contributed by atoms with Crippen LogP contribution in [-0.2, 0) is 0 Å². The molecule has 1 aromatic rings. The van der Waals surface area contributed by atoms with Crippen LogP contribution in [0, 0.1) is 35.1 Å². The van der Waals surface area contributed by atoms with Crippen molar-refractivity contribution < 1.29 is 45.0 Å². The van der Waals surface area contributed by atoms with Gasteiger partial charge in [0, 0.05) is 0 Å². The fourth-order valence-corrected chi connectivity index (χ4v) is 0.851. The van der Waals surface area contributed by atoms with E-state index in [2.05, 4.69) is 6.22 Å². The van der Waals surface area contributed by atoms with Crippen LogP contribution in [0.25, 0.3) is 0 Å². The quantitative estimate of drug-likeness (QED) is 0.845. The third-order valence-electron chi connectivity index (χ3n) is 1.10. The topological polar surface area (TPSA) is 37.3 Å². The summed E-state index contributed by atoms with van der Waals surface area (Å²) in [6.45, 7) is 0. The van der Waals surface area contributed by atoms with Gasteiger partial charge in [0.15, 0.2) is 0 Å². The van der Waals surface area contributed by atoms with Crippen molar-refractivity contribution in [2.24, 2.45) is 0 Å². The summed E-state index contributed by atoms with van der Waals surface area (Å²) in [5.74, 6) is -0.995. The molecule has 1 N–H and O–H groups in total. The molecule has 0 fully saturated rings. The van der Waals surface area contributed by atoms with E-state index in [9.17, 15) is 4.79 Å². The summed E-state index contributed by atoms with van der Waals surface area (Å²) >= 11 is 7.01. The van der Waals surface area contributed by atoms with Crippen molar-refractivity contribution in [1.82, 2.24) is 0 Å². The summed E-state index contributed by atoms with van der Waals surface area (Å²) in [6, 6.07) is 6.33. The summed E-state index contributed by atoms with van der Waals surface area (Å²) in [6.07, 6.45) is 4.64. The van der Waals surface area contributed by atoms with Crippen LogP contribution in [0.4, 0.5) is 0 Å². The van der Waals surface area contributed by atoms with Gasteiger partial charge in [-0.05, 0) is 12.1 Å². The zero-order chi connectivity index (χ0) is 9.56. The number of aromatic carboxylic acids is 1. The number of rotatable bonds is 1. The molecule has 0 atom stereocenters. The van der Waals surface area contributed by atoms with Gasteiger partial charge in [-0.3, -0.25) is 0 Å². The van der Waals surface area contributed by atoms with Gasteiger partial charge in [0.2, 0.25) is 0 Å². The van der Waals surface area contributed by atoms with Gasteiger partial charge >= 0.3 is 47.3 Å². The Morgan fingerprint density at radius 1 is 1.33 bits per heavy atom. The fourth-order valence-electron chi connectivity index (χ4n) is 0.635. The van der Waals surface area contributed by atoms with Crippen molar-refractivity contribution in [3.8, 4) is 0 Å². The minimum atomic E-state index is -0.995. The van der Waals surface area contributed by atoms with E-state index in [1.807, 2.05) is 0 Å². The zero-order valence-corrected chi connectivity index (χ0v) is 9.40. The Morgan fingerprint density at radius 3 is 2.17 bits per heavy atom. The van der Waals surface area contributed by atoms with Gasteiger partial charge < -0.3 is 5.11 Å². The molecule has 12 heavy (non-hydrogen) atoms. The molecule has 0 aliphatic heterocycles. The number of hydrogen-bond donors (Lipinski definition) is 1. The number of carboxylic acids is 1.